The Morgan fingerprint density at radius 1 is 0.480 bits per heavy atom. The van der Waals surface area contributed by atoms with E-state index in [0.717, 1.165) is 38.5 Å². The molecule has 0 aliphatic carbocycles. The summed E-state index contributed by atoms with van der Waals surface area (Å²) < 4.78 is 0. The van der Waals surface area contributed by atoms with Crippen LogP contribution >= 0.6 is 0 Å². The van der Waals surface area contributed by atoms with Crippen molar-refractivity contribution in [2.24, 2.45) is 0 Å². The van der Waals surface area contributed by atoms with Gasteiger partial charge in [-0.15, -0.1) is 0 Å². The fourth-order valence-electron chi connectivity index (χ4n) is 6.49. The van der Waals surface area contributed by atoms with Crippen molar-refractivity contribution in [2.75, 3.05) is 6.61 Å². The molecule has 5 heteroatoms. The predicted octanol–water partition coefficient (Wildman–Crippen LogP) is 12.4. The molecule has 0 saturated carbocycles. The van der Waals surface area contributed by atoms with Crippen LogP contribution < -0.4 is 5.32 Å². The quantitative estimate of drug-likeness (QED) is 0.0379. The van der Waals surface area contributed by atoms with Crippen molar-refractivity contribution in [1.29, 1.82) is 0 Å². The largest absolute Gasteiger partial charge is 0.394 e. The number of allylic oxidation sites excluding steroid dienone is 5. The average Bonchev–Trinajstić information content (AvgIpc) is 3.12. The SMILES string of the molecule is CCCCC/C=C/CC/C=C/C(O)C(CO)NC(=O)C(O)CCCCCCCCCCCCC/C=C\CCCCCCCCCCCCCC. The van der Waals surface area contributed by atoms with E-state index >= 15 is 0 Å². The van der Waals surface area contributed by atoms with Gasteiger partial charge in [-0.05, 0) is 57.8 Å². The number of unbranched alkanes of at least 4 members (excludes halogenated alkanes) is 27. The summed E-state index contributed by atoms with van der Waals surface area (Å²) in [6.45, 7) is 4.11. The molecule has 0 spiro atoms. The highest BCUT2D eigenvalue weighted by molar-refractivity contribution is 5.80. The number of hydrogen-bond acceptors (Lipinski definition) is 4. The minimum absolute atomic E-state index is 0.377. The lowest BCUT2D eigenvalue weighted by molar-refractivity contribution is -0.131. The average molecular weight is 704 g/mol. The highest BCUT2D eigenvalue weighted by atomic mass is 16.3. The van der Waals surface area contributed by atoms with Crippen LogP contribution in [0.1, 0.15) is 219 Å². The fraction of sp³-hybridized carbons (Fsp3) is 0.844. The van der Waals surface area contributed by atoms with E-state index in [0.29, 0.717) is 6.42 Å². The van der Waals surface area contributed by atoms with Gasteiger partial charge < -0.3 is 20.6 Å². The molecule has 0 fully saturated rings. The first-order valence-electron chi connectivity index (χ1n) is 21.8. The van der Waals surface area contributed by atoms with Crippen LogP contribution in [0.15, 0.2) is 36.5 Å². The predicted molar refractivity (Wildman–Crippen MR) is 218 cm³/mol. The summed E-state index contributed by atoms with van der Waals surface area (Å²) in [7, 11) is 0. The number of amides is 1. The van der Waals surface area contributed by atoms with E-state index in [1.54, 1.807) is 6.08 Å². The van der Waals surface area contributed by atoms with E-state index < -0.39 is 24.2 Å². The molecule has 0 heterocycles. The molecule has 0 saturated heterocycles. The molecule has 0 aromatic carbocycles. The number of carbonyl (C=O) groups excluding carboxylic acids is 1. The second kappa shape index (κ2) is 40.3. The number of aliphatic hydroxyl groups is 3. The van der Waals surface area contributed by atoms with Crippen LogP contribution in [0.25, 0.3) is 0 Å². The van der Waals surface area contributed by atoms with E-state index in [2.05, 4.69) is 43.5 Å². The van der Waals surface area contributed by atoms with Crippen molar-refractivity contribution in [1.82, 2.24) is 5.32 Å². The van der Waals surface area contributed by atoms with Gasteiger partial charge in [-0.25, -0.2) is 0 Å². The standard InChI is InChI=1S/C45H85NO4/c1-3-5-7-9-11-13-14-15-16-17-18-19-20-21-22-23-24-25-26-27-28-29-30-32-34-36-38-40-44(49)45(50)46-42(41-47)43(48)39-37-35-33-31-12-10-8-6-4-2/h12,21-22,31,37,39,42-44,47-49H,3-11,13-20,23-30,32-36,38,40-41H2,1-2H3,(H,46,50)/b22-21-,31-12+,39-37+. The Morgan fingerprint density at radius 3 is 1.26 bits per heavy atom. The molecule has 0 radical (unpaired) electrons. The highest BCUT2D eigenvalue weighted by Gasteiger charge is 2.22. The summed E-state index contributed by atoms with van der Waals surface area (Å²) in [6.07, 6.45) is 50.6. The van der Waals surface area contributed by atoms with Crippen LogP contribution in [0.2, 0.25) is 0 Å². The monoisotopic (exact) mass is 704 g/mol. The lowest BCUT2D eigenvalue weighted by Crippen LogP contribution is -2.48. The van der Waals surface area contributed by atoms with Crippen molar-refractivity contribution in [3.63, 3.8) is 0 Å². The Balaban J connectivity index is 3.56. The van der Waals surface area contributed by atoms with Crippen LogP contribution in [0.5, 0.6) is 0 Å². The first-order chi connectivity index (χ1) is 24.6. The third kappa shape index (κ3) is 35.0. The van der Waals surface area contributed by atoms with Crippen LogP contribution in [-0.4, -0.2) is 46.1 Å². The topological polar surface area (TPSA) is 89.8 Å². The summed E-state index contributed by atoms with van der Waals surface area (Å²) in [6, 6.07) is -0.811. The molecule has 5 nitrogen and oxygen atoms in total. The van der Waals surface area contributed by atoms with Crippen LogP contribution in [0.4, 0.5) is 0 Å². The van der Waals surface area contributed by atoms with E-state index in [4.69, 9.17) is 0 Å². The lowest BCUT2D eigenvalue weighted by atomic mass is 10.0. The number of rotatable bonds is 39. The van der Waals surface area contributed by atoms with E-state index in [9.17, 15) is 20.1 Å². The maximum absolute atomic E-state index is 12.4. The lowest BCUT2D eigenvalue weighted by Gasteiger charge is -2.21. The minimum Gasteiger partial charge on any atom is -0.394 e. The Bertz CT molecular complexity index is 779. The van der Waals surface area contributed by atoms with Crippen LogP contribution in [0.3, 0.4) is 0 Å². The normalized spacial score (nSPS) is 13.9. The smallest absolute Gasteiger partial charge is 0.249 e. The molecular formula is C45H85NO4. The molecule has 0 rings (SSSR count). The van der Waals surface area contributed by atoms with Crippen molar-refractivity contribution >= 4 is 5.91 Å². The molecule has 0 aromatic heterocycles. The van der Waals surface area contributed by atoms with Gasteiger partial charge in [0.1, 0.15) is 6.10 Å². The molecule has 4 N–H and O–H groups in total. The zero-order valence-electron chi connectivity index (χ0n) is 33.3. The minimum atomic E-state index is -1.10. The molecule has 0 aliphatic heterocycles. The molecule has 3 atom stereocenters. The first kappa shape index (κ1) is 48.6. The summed E-state index contributed by atoms with van der Waals surface area (Å²) in [4.78, 5) is 12.4. The van der Waals surface area contributed by atoms with Crippen molar-refractivity contribution in [2.45, 2.75) is 238 Å². The number of nitrogens with one attached hydrogen (secondary N) is 1. The summed E-state index contributed by atoms with van der Waals surface area (Å²) in [5, 5.41) is 32.9. The zero-order chi connectivity index (χ0) is 36.6. The van der Waals surface area contributed by atoms with Gasteiger partial charge in [-0.3, -0.25) is 4.79 Å². The highest BCUT2D eigenvalue weighted by Crippen LogP contribution is 2.15. The zero-order valence-corrected chi connectivity index (χ0v) is 33.3. The number of hydrogen-bond donors (Lipinski definition) is 4. The molecule has 3 unspecified atom stereocenters. The van der Waals surface area contributed by atoms with Gasteiger partial charge in [-0.1, -0.05) is 198 Å². The molecule has 0 aromatic rings. The van der Waals surface area contributed by atoms with E-state index in [1.807, 2.05) is 6.08 Å². The third-order valence-electron chi connectivity index (χ3n) is 9.95. The van der Waals surface area contributed by atoms with Gasteiger partial charge in [-0.2, -0.15) is 0 Å². The summed E-state index contributed by atoms with van der Waals surface area (Å²) in [5.74, 6) is -0.516. The van der Waals surface area contributed by atoms with Crippen molar-refractivity contribution in [3.8, 4) is 0 Å². The molecule has 1 amide bonds. The Kier molecular flexibility index (Phi) is 39.2. The van der Waals surface area contributed by atoms with Crippen molar-refractivity contribution in [3.05, 3.63) is 36.5 Å². The van der Waals surface area contributed by atoms with Gasteiger partial charge in [0.2, 0.25) is 5.91 Å². The van der Waals surface area contributed by atoms with E-state index in [1.165, 1.54) is 161 Å². The molecule has 0 bridgehead atoms. The van der Waals surface area contributed by atoms with Gasteiger partial charge in [0.15, 0.2) is 0 Å². The molecule has 0 aliphatic rings. The second-order valence-electron chi connectivity index (χ2n) is 14.9. The van der Waals surface area contributed by atoms with Gasteiger partial charge in [0.05, 0.1) is 18.8 Å². The maximum atomic E-state index is 12.4. The van der Waals surface area contributed by atoms with E-state index in [-0.39, 0.29) is 6.61 Å². The van der Waals surface area contributed by atoms with Crippen molar-refractivity contribution < 1.29 is 20.1 Å². The molecule has 294 valence electrons. The fourth-order valence-corrected chi connectivity index (χ4v) is 6.49. The van der Waals surface area contributed by atoms with Gasteiger partial charge in [0, 0.05) is 0 Å². The summed E-state index contributed by atoms with van der Waals surface area (Å²) >= 11 is 0. The molecular weight excluding hydrogens is 618 g/mol. The first-order valence-corrected chi connectivity index (χ1v) is 21.8. The van der Waals surface area contributed by atoms with Gasteiger partial charge in [0.25, 0.3) is 0 Å². The van der Waals surface area contributed by atoms with Crippen LogP contribution in [-0.2, 0) is 4.79 Å². The molecule has 50 heavy (non-hydrogen) atoms. The van der Waals surface area contributed by atoms with Crippen LogP contribution in [0, 0.1) is 0 Å². The maximum Gasteiger partial charge on any atom is 0.249 e. The third-order valence-corrected chi connectivity index (χ3v) is 9.95. The van der Waals surface area contributed by atoms with Gasteiger partial charge >= 0.3 is 0 Å². The Labute approximate surface area is 311 Å². The Hall–Kier alpha value is -1.43. The number of carbonyl (C=O) groups is 1. The number of aliphatic hydroxyl groups excluding tert-OH is 3. The Morgan fingerprint density at radius 2 is 0.820 bits per heavy atom. The second-order valence-corrected chi connectivity index (χ2v) is 14.9. The summed E-state index contributed by atoms with van der Waals surface area (Å²) in [5.41, 5.74) is 0.